The zero-order chi connectivity index (χ0) is 23.5. The monoisotopic (exact) mass is 454 g/mol. The fourth-order valence-corrected chi connectivity index (χ4v) is 4.26. The third-order valence-electron chi connectivity index (χ3n) is 5.90. The maximum absolute atomic E-state index is 13.6. The highest BCUT2D eigenvalue weighted by molar-refractivity contribution is 6.01. The van der Waals surface area contributed by atoms with E-state index in [2.05, 4.69) is 10.6 Å². The number of aromatic nitrogens is 2. The molecule has 4 aromatic rings. The van der Waals surface area contributed by atoms with Crippen LogP contribution in [-0.4, -0.2) is 21.6 Å². The maximum atomic E-state index is 13.6. The Balaban J connectivity index is 1.39. The average Bonchev–Trinajstić information content (AvgIpc) is 3.25. The quantitative estimate of drug-likeness (QED) is 0.451. The molecule has 5 rings (SSSR count). The van der Waals surface area contributed by atoms with Gasteiger partial charge in [-0.1, -0.05) is 66.7 Å². The molecule has 170 valence electrons. The van der Waals surface area contributed by atoms with Crippen LogP contribution in [0.15, 0.2) is 85.1 Å². The number of hydrogen-bond acceptors (Lipinski definition) is 3. The molecule has 1 aliphatic heterocycles. The molecule has 0 spiro atoms. The largest absolute Gasteiger partial charge is 0.351 e. The molecule has 0 saturated carbocycles. The minimum absolute atomic E-state index is 0.0171. The Bertz CT molecular complexity index is 1340. The van der Waals surface area contributed by atoms with Crippen LogP contribution in [0.1, 0.15) is 29.0 Å². The Hall–Kier alpha value is -4.26. The first kappa shape index (κ1) is 21.6. The van der Waals surface area contributed by atoms with Gasteiger partial charge in [0.2, 0.25) is 11.8 Å². The minimum atomic E-state index is -0.677. The van der Waals surface area contributed by atoms with E-state index >= 15 is 0 Å². The molecule has 2 N–H and O–H groups in total. The molecular weight excluding hydrogens is 431 g/mol. The Morgan fingerprint density at radius 1 is 1.06 bits per heavy atom. The van der Waals surface area contributed by atoms with Gasteiger partial charge in [0.1, 0.15) is 5.82 Å². The summed E-state index contributed by atoms with van der Waals surface area (Å²) >= 11 is 0. The van der Waals surface area contributed by atoms with E-state index in [0.717, 1.165) is 22.4 Å². The van der Waals surface area contributed by atoms with Gasteiger partial charge in [0.05, 0.1) is 18.2 Å². The molecule has 1 aliphatic rings. The normalized spacial score (nSPS) is 14.9. The molecule has 6 nitrogen and oxygen atoms in total. The van der Waals surface area contributed by atoms with Crippen molar-refractivity contribution in [2.24, 2.45) is 0 Å². The van der Waals surface area contributed by atoms with Crippen molar-refractivity contribution in [2.45, 2.75) is 25.4 Å². The highest BCUT2D eigenvalue weighted by Gasteiger charge is 2.31. The number of carbonyl (C=O) groups excluding carboxylic acids is 2. The van der Waals surface area contributed by atoms with Gasteiger partial charge in [-0.3, -0.25) is 14.3 Å². The van der Waals surface area contributed by atoms with Crippen molar-refractivity contribution in [1.82, 2.24) is 15.1 Å². The molecule has 0 unspecified atom stereocenters. The second kappa shape index (κ2) is 9.31. The number of nitrogens with zero attached hydrogens (tertiary/aromatic N) is 2. The van der Waals surface area contributed by atoms with E-state index in [-0.39, 0.29) is 24.8 Å². The average molecular weight is 455 g/mol. The number of nitrogens with one attached hydrogen (secondary N) is 2. The van der Waals surface area contributed by atoms with Crippen molar-refractivity contribution in [2.75, 3.05) is 5.32 Å². The maximum Gasteiger partial charge on any atom is 0.228 e. The van der Waals surface area contributed by atoms with Crippen LogP contribution in [0, 0.1) is 5.82 Å². The number of hydrogen-bond donors (Lipinski definition) is 2. The fraction of sp³-hybridized carbons (Fsp3) is 0.148. The third kappa shape index (κ3) is 4.59. The molecule has 1 aromatic heterocycles. The Morgan fingerprint density at radius 3 is 2.56 bits per heavy atom. The lowest BCUT2D eigenvalue weighted by Gasteiger charge is -2.24. The van der Waals surface area contributed by atoms with Crippen LogP contribution in [0.3, 0.4) is 0 Å². The van der Waals surface area contributed by atoms with Gasteiger partial charge in [0, 0.05) is 36.0 Å². The van der Waals surface area contributed by atoms with Crippen molar-refractivity contribution in [1.29, 1.82) is 0 Å². The first-order valence-corrected chi connectivity index (χ1v) is 11.1. The van der Waals surface area contributed by atoms with Crippen LogP contribution in [0.4, 0.5) is 10.1 Å². The van der Waals surface area contributed by atoms with Crippen molar-refractivity contribution in [3.05, 3.63) is 108 Å². The fourth-order valence-electron chi connectivity index (χ4n) is 4.26. The highest BCUT2D eigenvalue weighted by Crippen LogP contribution is 2.33. The number of anilines is 1. The summed E-state index contributed by atoms with van der Waals surface area (Å²) in [5.41, 5.74) is 4.70. The zero-order valence-corrected chi connectivity index (χ0v) is 18.4. The van der Waals surface area contributed by atoms with Gasteiger partial charge in [-0.05, 0) is 23.3 Å². The number of rotatable bonds is 6. The second-order valence-electron chi connectivity index (χ2n) is 8.31. The van der Waals surface area contributed by atoms with E-state index in [1.54, 1.807) is 6.07 Å². The SMILES string of the molecule is O=C1C[C@@H](C(=O)NCc2cn(Cc3ccccc3)nc2-c2ccccc2)c2ccc(F)cc2N1. The van der Waals surface area contributed by atoms with Crippen LogP contribution >= 0.6 is 0 Å². The van der Waals surface area contributed by atoms with E-state index in [1.165, 1.54) is 12.1 Å². The van der Waals surface area contributed by atoms with E-state index in [9.17, 15) is 14.0 Å². The van der Waals surface area contributed by atoms with Crippen LogP contribution in [0.5, 0.6) is 0 Å². The van der Waals surface area contributed by atoms with Gasteiger partial charge < -0.3 is 10.6 Å². The van der Waals surface area contributed by atoms with Crippen LogP contribution in [0.25, 0.3) is 11.3 Å². The van der Waals surface area contributed by atoms with Crippen molar-refractivity contribution in [3.63, 3.8) is 0 Å². The summed E-state index contributed by atoms with van der Waals surface area (Å²) in [7, 11) is 0. The molecular formula is C27H23FN4O2. The van der Waals surface area contributed by atoms with Gasteiger partial charge in [0.25, 0.3) is 0 Å². The predicted octanol–water partition coefficient (Wildman–Crippen LogP) is 4.48. The molecule has 2 amide bonds. The number of fused-ring (bicyclic) bond motifs is 1. The minimum Gasteiger partial charge on any atom is -0.351 e. The number of carbonyl (C=O) groups is 2. The third-order valence-corrected chi connectivity index (χ3v) is 5.90. The number of benzene rings is 3. The molecule has 0 radical (unpaired) electrons. The molecule has 0 saturated heterocycles. The molecule has 0 fully saturated rings. The second-order valence-corrected chi connectivity index (χ2v) is 8.31. The molecule has 0 aliphatic carbocycles. The van der Waals surface area contributed by atoms with Crippen molar-refractivity contribution in [3.8, 4) is 11.3 Å². The Morgan fingerprint density at radius 2 is 1.79 bits per heavy atom. The summed E-state index contributed by atoms with van der Waals surface area (Å²) in [6.07, 6.45) is 1.95. The van der Waals surface area contributed by atoms with Gasteiger partial charge in [-0.25, -0.2) is 4.39 Å². The summed E-state index contributed by atoms with van der Waals surface area (Å²) < 4.78 is 15.5. The topological polar surface area (TPSA) is 76.0 Å². The van der Waals surface area contributed by atoms with Crippen LogP contribution in [0.2, 0.25) is 0 Å². The lowest BCUT2D eigenvalue weighted by Crippen LogP contribution is -2.34. The lowest BCUT2D eigenvalue weighted by molar-refractivity contribution is -0.126. The number of halogens is 1. The van der Waals surface area contributed by atoms with E-state index in [1.807, 2.05) is 71.5 Å². The van der Waals surface area contributed by atoms with Crippen LogP contribution < -0.4 is 10.6 Å². The molecule has 0 bridgehead atoms. The summed E-state index contributed by atoms with van der Waals surface area (Å²) in [4.78, 5) is 25.2. The summed E-state index contributed by atoms with van der Waals surface area (Å²) in [6.45, 7) is 0.864. The van der Waals surface area contributed by atoms with E-state index in [4.69, 9.17) is 5.10 Å². The predicted molar refractivity (Wildman–Crippen MR) is 127 cm³/mol. The van der Waals surface area contributed by atoms with Gasteiger partial charge in [-0.15, -0.1) is 0 Å². The summed E-state index contributed by atoms with van der Waals surface area (Å²) in [5, 5.41) is 10.4. The standard InChI is InChI=1S/C27H23FN4O2/c28-21-11-12-22-23(14-25(33)30-24(22)13-21)27(34)29-15-20-17-32(16-18-7-3-1-4-8-18)31-26(20)19-9-5-2-6-10-19/h1-13,17,23H,14-16H2,(H,29,34)(H,30,33)/t23-/m1/s1. The molecule has 3 aromatic carbocycles. The number of amides is 2. The molecule has 7 heteroatoms. The first-order valence-electron chi connectivity index (χ1n) is 11.1. The van der Waals surface area contributed by atoms with E-state index in [0.29, 0.717) is 17.8 Å². The summed E-state index contributed by atoms with van der Waals surface area (Å²) in [5.74, 6) is -1.72. The molecule has 1 atom stereocenters. The summed E-state index contributed by atoms with van der Waals surface area (Å²) in [6, 6.07) is 23.9. The first-order chi connectivity index (χ1) is 16.6. The van der Waals surface area contributed by atoms with Gasteiger partial charge >= 0.3 is 0 Å². The van der Waals surface area contributed by atoms with Crippen LogP contribution in [-0.2, 0) is 22.7 Å². The lowest BCUT2D eigenvalue weighted by atomic mass is 9.89. The smallest absolute Gasteiger partial charge is 0.228 e. The molecule has 34 heavy (non-hydrogen) atoms. The van der Waals surface area contributed by atoms with Gasteiger partial charge in [0.15, 0.2) is 0 Å². The molecule has 2 heterocycles. The van der Waals surface area contributed by atoms with E-state index < -0.39 is 11.7 Å². The highest BCUT2D eigenvalue weighted by atomic mass is 19.1. The Kier molecular flexibility index (Phi) is 5.91. The zero-order valence-electron chi connectivity index (χ0n) is 18.4. The van der Waals surface area contributed by atoms with Gasteiger partial charge in [-0.2, -0.15) is 5.10 Å². The van der Waals surface area contributed by atoms with Crippen molar-refractivity contribution < 1.29 is 14.0 Å². The van der Waals surface area contributed by atoms with Crippen molar-refractivity contribution >= 4 is 17.5 Å². The Labute approximate surface area is 196 Å².